The highest BCUT2D eigenvalue weighted by atomic mass is 15.0. The Hall–Kier alpha value is -1.28. The van der Waals surface area contributed by atoms with Crippen molar-refractivity contribution < 1.29 is 0 Å². The molecule has 0 fully saturated rings. The lowest BCUT2D eigenvalue weighted by Crippen LogP contribution is -2.12. The van der Waals surface area contributed by atoms with Crippen LogP contribution in [0.3, 0.4) is 0 Å². The van der Waals surface area contributed by atoms with E-state index < -0.39 is 0 Å². The first-order valence-electron chi connectivity index (χ1n) is 6.38. The fraction of sp³-hybridized carbons (Fsp3) is 0.467. The zero-order chi connectivity index (χ0) is 12.3. The molecule has 0 unspecified atom stereocenters. The molecule has 2 nitrogen and oxygen atoms in total. The number of rotatable bonds is 5. The molecule has 1 aromatic heterocycles. The van der Waals surface area contributed by atoms with Crippen molar-refractivity contribution in [3.8, 4) is 0 Å². The maximum absolute atomic E-state index is 3.35. The summed E-state index contributed by atoms with van der Waals surface area (Å²) in [6, 6.07) is 6.62. The molecule has 0 atom stereocenters. The zero-order valence-electron chi connectivity index (χ0n) is 11.1. The summed E-state index contributed by atoms with van der Waals surface area (Å²) in [5, 5.41) is 1.40. The van der Waals surface area contributed by atoms with Gasteiger partial charge < -0.3 is 9.88 Å². The van der Waals surface area contributed by atoms with Gasteiger partial charge in [-0.15, -0.1) is 0 Å². The Labute approximate surface area is 104 Å². The molecule has 17 heavy (non-hydrogen) atoms. The van der Waals surface area contributed by atoms with E-state index in [4.69, 9.17) is 0 Å². The highest BCUT2D eigenvalue weighted by molar-refractivity contribution is 5.83. The van der Waals surface area contributed by atoms with Crippen molar-refractivity contribution in [2.45, 2.75) is 26.2 Å². The molecule has 2 rings (SSSR count). The van der Waals surface area contributed by atoms with Crippen LogP contribution in [0.4, 0.5) is 0 Å². The van der Waals surface area contributed by atoms with Crippen LogP contribution in [-0.2, 0) is 6.42 Å². The molecule has 0 saturated heterocycles. The monoisotopic (exact) mass is 230 g/mol. The lowest BCUT2D eigenvalue weighted by atomic mass is 10.1. The highest BCUT2D eigenvalue weighted by Crippen LogP contribution is 2.21. The van der Waals surface area contributed by atoms with E-state index in [1.165, 1.54) is 47.8 Å². The summed E-state index contributed by atoms with van der Waals surface area (Å²) >= 11 is 0. The van der Waals surface area contributed by atoms with Crippen LogP contribution in [0.5, 0.6) is 0 Å². The van der Waals surface area contributed by atoms with E-state index in [0.717, 1.165) is 0 Å². The largest absolute Gasteiger partial charge is 0.361 e. The number of H-pyrrole nitrogens is 1. The summed E-state index contributed by atoms with van der Waals surface area (Å²) in [5.74, 6) is 0. The second kappa shape index (κ2) is 5.37. The molecule has 0 aliphatic carbocycles. The molecule has 0 amide bonds. The number of nitrogens with one attached hydrogen (secondary N) is 1. The summed E-state index contributed by atoms with van der Waals surface area (Å²) in [6.45, 7) is 3.34. The predicted octanol–water partition coefficient (Wildman–Crippen LogP) is 3.36. The number of unbranched alkanes of at least 4 members (excludes halogenated alkanes) is 1. The van der Waals surface area contributed by atoms with Crippen molar-refractivity contribution in [2.24, 2.45) is 0 Å². The minimum atomic E-state index is 1.18. The minimum absolute atomic E-state index is 1.18. The van der Waals surface area contributed by atoms with Gasteiger partial charge in [-0.2, -0.15) is 0 Å². The second-order valence-electron chi connectivity index (χ2n) is 5.12. The molecule has 0 bridgehead atoms. The van der Waals surface area contributed by atoms with Gasteiger partial charge in [0, 0.05) is 17.1 Å². The van der Waals surface area contributed by atoms with Gasteiger partial charge in [-0.1, -0.05) is 11.6 Å². The van der Waals surface area contributed by atoms with E-state index in [0.29, 0.717) is 0 Å². The Kier molecular flexibility index (Phi) is 3.85. The molecule has 0 aliphatic heterocycles. The first kappa shape index (κ1) is 12.2. The molecule has 1 N–H and O–H groups in total. The van der Waals surface area contributed by atoms with Crippen LogP contribution >= 0.6 is 0 Å². The van der Waals surface area contributed by atoms with E-state index in [9.17, 15) is 0 Å². The molecule has 2 heteroatoms. The Morgan fingerprint density at radius 2 is 2.00 bits per heavy atom. The Morgan fingerprint density at radius 1 is 1.18 bits per heavy atom. The third-order valence-corrected chi connectivity index (χ3v) is 3.22. The van der Waals surface area contributed by atoms with Gasteiger partial charge in [0.05, 0.1) is 0 Å². The third kappa shape index (κ3) is 3.10. The lowest BCUT2D eigenvalue weighted by Gasteiger charge is -2.08. The van der Waals surface area contributed by atoms with Crippen molar-refractivity contribution in [2.75, 3.05) is 20.6 Å². The number of aromatic nitrogens is 1. The number of aromatic amines is 1. The minimum Gasteiger partial charge on any atom is -0.361 e. The summed E-state index contributed by atoms with van der Waals surface area (Å²) < 4.78 is 0. The average Bonchev–Trinajstić information content (AvgIpc) is 2.67. The van der Waals surface area contributed by atoms with E-state index in [1.54, 1.807) is 0 Å². The number of nitrogens with zero attached hydrogens (tertiary/aromatic N) is 1. The fourth-order valence-electron chi connectivity index (χ4n) is 2.24. The topological polar surface area (TPSA) is 19.0 Å². The molecule has 0 spiro atoms. The van der Waals surface area contributed by atoms with Crippen molar-refractivity contribution in [3.05, 3.63) is 35.5 Å². The molecule has 0 saturated carbocycles. The van der Waals surface area contributed by atoms with Gasteiger partial charge in [0.1, 0.15) is 0 Å². The maximum atomic E-state index is 3.35. The number of hydrogen-bond acceptors (Lipinski definition) is 1. The molecule has 92 valence electrons. The van der Waals surface area contributed by atoms with Crippen LogP contribution in [0, 0.1) is 6.92 Å². The van der Waals surface area contributed by atoms with Crippen molar-refractivity contribution in [3.63, 3.8) is 0 Å². The number of aryl methyl sites for hydroxylation is 2. The standard InChI is InChI=1S/C15H22N2/c1-12-7-8-15-14(10-12)13(11-16-15)6-4-5-9-17(2)3/h7-8,10-11,16H,4-6,9H2,1-3H3. The first-order valence-corrected chi connectivity index (χ1v) is 6.38. The third-order valence-electron chi connectivity index (χ3n) is 3.22. The van der Waals surface area contributed by atoms with E-state index >= 15 is 0 Å². The number of fused-ring (bicyclic) bond motifs is 1. The molecule has 1 aromatic carbocycles. The van der Waals surface area contributed by atoms with Gasteiger partial charge in [-0.3, -0.25) is 0 Å². The quantitative estimate of drug-likeness (QED) is 0.780. The van der Waals surface area contributed by atoms with Crippen LogP contribution in [-0.4, -0.2) is 30.5 Å². The maximum Gasteiger partial charge on any atom is 0.0456 e. The van der Waals surface area contributed by atoms with Gasteiger partial charge >= 0.3 is 0 Å². The Bertz CT molecular complexity index is 483. The average molecular weight is 230 g/mol. The Morgan fingerprint density at radius 3 is 2.76 bits per heavy atom. The summed E-state index contributed by atoms with van der Waals surface area (Å²) in [4.78, 5) is 5.60. The lowest BCUT2D eigenvalue weighted by molar-refractivity contribution is 0.394. The molecule has 2 aromatic rings. The van der Waals surface area contributed by atoms with E-state index in [1.807, 2.05) is 0 Å². The van der Waals surface area contributed by atoms with Crippen molar-refractivity contribution in [1.29, 1.82) is 0 Å². The van der Waals surface area contributed by atoms with Gasteiger partial charge in [-0.05, 0) is 64.5 Å². The van der Waals surface area contributed by atoms with Gasteiger partial charge in [0.25, 0.3) is 0 Å². The van der Waals surface area contributed by atoms with Gasteiger partial charge in [0.2, 0.25) is 0 Å². The zero-order valence-corrected chi connectivity index (χ0v) is 11.1. The summed E-state index contributed by atoms with van der Waals surface area (Å²) in [6.07, 6.45) is 5.88. The normalized spacial score (nSPS) is 11.5. The molecular weight excluding hydrogens is 208 g/mol. The van der Waals surface area contributed by atoms with Crippen LogP contribution in [0.2, 0.25) is 0 Å². The van der Waals surface area contributed by atoms with Crippen LogP contribution < -0.4 is 0 Å². The fourth-order valence-corrected chi connectivity index (χ4v) is 2.24. The Balaban J connectivity index is 2.01. The van der Waals surface area contributed by atoms with E-state index in [2.05, 4.69) is 55.3 Å². The first-order chi connectivity index (χ1) is 8.16. The smallest absolute Gasteiger partial charge is 0.0456 e. The van der Waals surface area contributed by atoms with Crippen LogP contribution in [0.1, 0.15) is 24.0 Å². The van der Waals surface area contributed by atoms with Crippen LogP contribution in [0.25, 0.3) is 10.9 Å². The van der Waals surface area contributed by atoms with Gasteiger partial charge in [0.15, 0.2) is 0 Å². The summed E-state index contributed by atoms with van der Waals surface area (Å²) in [5.41, 5.74) is 4.06. The highest BCUT2D eigenvalue weighted by Gasteiger charge is 2.03. The van der Waals surface area contributed by atoms with Crippen LogP contribution in [0.15, 0.2) is 24.4 Å². The van der Waals surface area contributed by atoms with Crippen molar-refractivity contribution in [1.82, 2.24) is 9.88 Å². The molecule has 0 radical (unpaired) electrons. The molecule has 1 heterocycles. The predicted molar refractivity (Wildman–Crippen MR) is 74.5 cm³/mol. The summed E-state index contributed by atoms with van der Waals surface area (Å²) in [7, 11) is 4.27. The van der Waals surface area contributed by atoms with Gasteiger partial charge in [-0.25, -0.2) is 0 Å². The van der Waals surface area contributed by atoms with E-state index in [-0.39, 0.29) is 0 Å². The second-order valence-corrected chi connectivity index (χ2v) is 5.12. The number of hydrogen-bond donors (Lipinski definition) is 1. The van der Waals surface area contributed by atoms with Crippen molar-refractivity contribution >= 4 is 10.9 Å². The molecule has 0 aliphatic rings. The SMILES string of the molecule is Cc1ccc2[nH]cc(CCCCN(C)C)c2c1. The number of benzene rings is 1. The molecular formula is C15H22N2.